The number of hydrogen-bond donors (Lipinski definition) is 2. The molecule has 110 valence electrons. The Bertz CT molecular complexity index is 746. The standard InChI is InChI=1S/C10H7F3N6OS/c1-4-7(10(11,12)13)5(2-14)9(15-8(4)20)21-3-6-16-18-19-17-6/h3H2,1H3,(H,15,20)(H,16,17,18,19). The predicted molar refractivity (Wildman–Crippen MR) is 65.3 cm³/mol. The Morgan fingerprint density at radius 2 is 2.14 bits per heavy atom. The van der Waals surface area contributed by atoms with Gasteiger partial charge in [-0.2, -0.15) is 23.6 Å². The maximum Gasteiger partial charge on any atom is 0.418 e. The number of nitriles is 1. The van der Waals surface area contributed by atoms with Crippen LogP contribution in [0.1, 0.15) is 22.5 Å². The van der Waals surface area contributed by atoms with Crippen molar-refractivity contribution >= 4 is 11.8 Å². The molecule has 0 radical (unpaired) electrons. The summed E-state index contributed by atoms with van der Waals surface area (Å²) in [4.78, 5) is 13.9. The molecule has 0 fully saturated rings. The van der Waals surface area contributed by atoms with Crippen LogP contribution in [0.3, 0.4) is 0 Å². The van der Waals surface area contributed by atoms with Gasteiger partial charge in [0.1, 0.15) is 6.07 Å². The lowest BCUT2D eigenvalue weighted by Crippen LogP contribution is -2.21. The van der Waals surface area contributed by atoms with Gasteiger partial charge in [-0.1, -0.05) is 17.0 Å². The first-order chi connectivity index (χ1) is 9.84. The third-order valence-electron chi connectivity index (χ3n) is 2.55. The lowest BCUT2D eigenvalue weighted by molar-refractivity contribution is -0.138. The van der Waals surface area contributed by atoms with Gasteiger partial charge in [-0.3, -0.25) is 4.79 Å². The van der Waals surface area contributed by atoms with E-state index in [-0.39, 0.29) is 16.6 Å². The number of hydrogen-bond acceptors (Lipinski definition) is 6. The molecule has 0 bridgehead atoms. The van der Waals surface area contributed by atoms with Crippen LogP contribution in [0.15, 0.2) is 9.82 Å². The van der Waals surface area contributed by atoms with Gasteiger partial charge in [0.2, 0.25) is 0 Å². The zero-order valence-electron chi connectivity index (χ0n) is 10.4. The van der Waals surface area contributed by atoms with Crippen LogP contribution in [0.4, 0.5) is 13.2 Å². The maximum atomic E-state index is 13.0. The molecule has 2 rings (SSSR count). The van der Waals surface area contributed by atoms with E-state index in [1.54, 1.807) is 0 Å². The first-order valence-corrected chi connectivity index (χ1v) is 6.42. The lowest BCUT2D eigenvalue weighted by atomic mass is 10.1. The number of nitrogens with zero attached hydrogens (tertiary/aromatic N) is 4. The van der Waals surface area contributed by atoms with Crippen molar-refractivity contribution in [1.29, 1.82) is 5.26 Å². The molecular weight excluding hydrogens is 309 g/mol. The SMILES string of the molecule is Cc1c(C(F)(F)F)c(C#N)c(SCc2nn[nH]n2)[nH]c1=O. The third kappa shape index (κ3) is 3.05. The van der Waals surface area contributed by atoms with Crippen molar-refractivity contribution < 1.29 is 13.2 Å². The van der Waals surface area contributed by atoms with Crippen LogP contribution in [-0.2, 0) is 11.9 Å². The van der Waals surface area contributed by atoms with Crippen LogP contribution >= 0.6 is 11.8 Å². The molecule has 2 aromatic heterocycles. The summed E-state index contributed by atoms with van der Waals surface area (Å²) in [6, 6.07) is 1.49. The van der Waals surface area contributed by atoms with Gasteiger partial charge in [0.05, 0.1) is 21.9 Å². The molecule has 21 heavy (non-hydrogen) atoms. The predicted octanol–water partition coefficient (Wildman–Crippen LogP) is 1.38. The van der Waals surface area contributed by atoms with Crippen molar-refractivity contribution in [3.8, 4) is 6.07 Å². The highest BCUT2D eigenvalue weighted by Gasteiger charge is 2.38. The number of aromatic nitrogens is 5. The summed E-state index contributed by atoms with van der Waals surface area (Å²) >= 11 is 0.819. The largest absolute Gasteiger partial charge is 0.418 e. The van der Waals surface area contributed by atoms with Crippen LogP contribution in [0.2, 0.25) is 0 Å². The highest BCUT2D eigenvalue weighted by atomic mass is 32.2. The number of nitrogens with one attached hydrogen (secondary N) is 2. The third-order valence-corrected chi connectivity index (χ3v) is 3.55. The fourth-order valence-electron chi connectivity index (χ4n) is 1.62. The fraction of sp³-hybridized carbons (Fsp3) is 0.300. The molecule has 7 nitrogen and oxygen atoms in total. The Hall–Kier alpha value is -2.35. The number of rotatable bonds is 3. The van der Waals surface area contributed by atoms with Gasteiger partial charge < -0.3 is 4.98 Å². The highest BCUT2D eigenvalue weighted by molar-refractivity contribution is 7.98. The number of alkyl halides is 3. The number of tetrazole rings is 1. The van der Waals surface area contributed by atoms with Crippen molar-refractivity contribution in [3.05, 3.63) is 32.9 Å². The monoisotopic (exact) mass is 316 g/mol. The molecule has 0 unspecified atom stereocenters. The van der Waals surface area contributed by atoms with Crippen LogP contribution < -0.4 is 5.56 Å². The van der Waals surface area contributed by atoms with Gasteiger partial charge in [0, 0.05) is 5.56 Å². The molecular formula is C10H7F3N6OS. The smallest absolute Gasteiger partial charge is 0.316 e. The zero-order valence-corrected chi connectivity index (χ0v) is 11.3. The Morgan fingerprint density at radius 1 is 1.43 bits per heavy atom. The normalized spacial score (nSPS) is 11.4. The minimum Gasteiger partial charge on any atom is -0.316 e. The Labute approximate surface area is 119 Å². The average Bonchev–Trinajstić information content (AvgIpc) is 2.91. The van der Waals surface area contributed by atoms with Gasteiger partial charge in [0.25, 0.3) is 5.56 Å². The molecule has 0 aromatic carbocycles. The molecule has 0 aliphatic rings. The van der Waals surface area contributed by atoms with Crippen molar-refractivity contribution in [2.75, 3.05) is 0 Å². The van der Waals surface area contributed by atoms with E-state index in [9.17, 15) is 18.0 Å². The van der Waals surface area contributed by atoms with Crippen molar-refractivity contribution in [2.45, 2.75) is 23.9 Å². The summed E-state index contributed by atoms with van der Waals surface area (Å²) in [5, 5.41) is 21.6. The number of halogens is 3. The van der Waals surface area contributed by atoms with E-state index in [4.69, 9.17) is 5.26 Å². The number of pyridine rings is 1. The summed E-state index contributed by atoms with van der Waals surface area (Å²) in [6.07, 6.45) is -4.79. The van der Waals surface area contributed by atoms with Gasteiger partial charge in [0.15, 0.2) is 5.82 Å². The first kappa shape index (κ1) is 15.0. The summed E-state index contributed by atoms with van der Waals surface area (Å²) in [6.45, 7) is 1.02. The minimum absolute atomic E-state index is 0.0570. The molecule has 11 heteroatoms. The number of aromatic amines is 2. The second kappa shape index (κ2) is 5.57. The van der Waals surface area contributed by atoms with E-state index in [1.807, 2.05) is 0 Å². The van der Waals surface area contributed by atoms with E-state index in [1.165, 1.54) is 6.07 Å². The molecule has 2 N–H and O–H groups in total. The summed E-state index contributed by atoms with van der Waals surface area (Å²) in [5.41, 5.74) is -3.27. The van der Waals surface area contributed by atoms with Crippen LogP contribution in [0.25, 0.3) is 0 Å². The second-order valence-electron chi connectivity index (χ2n) is 3.88. The van der Waals surface area contributed by atoms with E-state index in [0.717, 1.165) is 18.7 Å². The molecule has 0 aliphatic heterocycles. The molecule has 0 atom stereocenters. The molecule has 2 heterocycles. The van der Waals surface area contributed by atoms with E-state index < -0.39 is 28.4 Å². The fourth-order valence-corrected chi connectivity index (χ4v) is 2.48. The molecule has 0 saturated heterocycles. The summed E-state index contributed by atoms with van der Waals surface area (Å²) in [5.74, 6) is 0.292. The van der Waals surface area contributed by atoms with E-state index in [2.05, 4.69) is 25.6 Å². The van der Waals surface area contributed by atoms with E-state index in [0.29, 0.717) is 0 Å². The Balaban J connectivity index is 2.49. The average molecular weight is 316 g/mol. The molecule has 2 aromatic rings. The maximum absolute atomic E-state index is 13.0. The quantitative estimate of drug-likeness (QED) is 0.828. The second-order valence-corrected chi connectivity index (χ2v) is 4.87. The Morgan fingerprint density at radius 3 is 2.67 bits per heavy atom. The molecule has 0 aliphatic carbocycles. The number of thioether (sulfide) groups is 1. The lowest BCUT2D eigenvalue weighted by Gasteiger charge is -2.13. The van der Waals surface area contributed by atoms with Crippen LogP contribution in [-0.4, -0.2) is 25.6 Å². The zero-order chi connectivity index (χ0) is 15.6. The van der Waals surface area contributed by atoms with Crippen molar-refractivity contribution in [2.24, 2.45) is 0 Å². The van der Waals surface area contributed by atoms with Gasteiger partial charge >= 0.3 is 6.18 Å². The molecule has 0 saturated carbocycles. The van der Waals surface area contributed by atoms with Crippen molar-refractivity contribution in [1.82, 2.24) is 25.6 Å². The number of H-pyrrole nitrogens is 2. The van der Waals surface area contributed by atoms with Crippen LogP contribution in [0.5, 0.6) is 0 Å². The van der Waals surface area contributed by atoms with Crippen LogP contribution in [0, 0.1) is 18.3 Å². The van der Waals surface area contributed by atoms with Gasteiger partial charge in [-0.15, -0.1) is 10.2 Å². The summed E-state index contributed by atoms with van der Waals surface area (Å²) in [7, 11) is 0. The molecule has 0 spiro atoms. The topological polar surface area (TPSA) is 111 Å². The summed E-state index contributed by atoms with van der Waals surface area (Å²) < 4.78 is 39.1. The molecule has 0 amide bonds. The van der Waals surface area contributed by atoms with Crippen molar-refractivity contribution in [3.63, 3.8) is 0 Å². The minimum atomic E-state index is -4.79. The van der Waals surface area contributed by atoms with Gasteiger partial charge in [-0.05, 0) is 6.92 Å². The van der Waals surface area contributed by atoms with E-state index >= 15 is 0 Å². The Kier molecular flexibility index (Phi) is 3.99. The first-order valence-electron chi connectivity index (χ1n) is 5.44. The highest BCUT2D eigenvalue weighted by Crippen LogP contribution is 2.36. The van der Waals surface area contributed by atoms with Gasteiger partial charge in [-0.25, -0.2) is 0 Å².